The summed E-state index contributed by atoms with van der Waals surface area (Å²) in [7, 11) is -3.86. The number of nitrogens with one attached hydrogen (secondary N) is 2. The number of pyridine rings is 1. The molecule has 1 aliphatic rings. The Morgan fingerprint density at radius 2 is 2.21 bits per heavy atom. The molecule has 1 atom stereocenters. The van der Waals surface area contributed by atoms with Crippen molar-refractivity contribution < 1.29 is 13.2 Å². The zero-order valence-corrected chi connectivity index (χ0v) is 11.8. The van der Waals surface area contributed by atoms with Crippen LogP contribution in [-0.2, 0) is 14.8 Å². The highest BCUT2D eigenvalue weighted by atomic mass is 35.5. The number of aromatic nitrogens is 1. The molecule has 1 unspecified atom stereocenters. The first-order valence-corrected chi connectivity index (χ1v) is 7.68. The molecule has 1 aromatic heterocycles. The highest BCUT2D eigenvalue weighted by Gasteiger charge is 2.28. The van der Waals surface area contributed by atoms with Gasteiger partial charge >= 0.3 is 0 Å². The predicted molar refractivity (Wildman–Crippen MR) is 70.2 cm³/mol. The average molecular weight is 304 g/mol. The minimum absolute atomic E-state index is 0.0669. The molecule has 6 nitrogen and oxygen atoms in total. The molecule has 104 valence electrons. The molecule has 0 spiro atoms. The van der Waals surface area contributed by atoms with Crippen molar-refractivity contribution >= 4 is 27.5 Å². The number of carbonyl (C=O) groups excluding carboxylic acids is 1. The lowest BCUT2D eigenvalue weighted by Crippen LogP contribution is -2.45. The van der Waals surface area contributed by atoms with Crippen LogP contribution >= 0.6 is 11.6 Å². The van der Waals surface area contributed by atoms with Crippen LogP contribution in [-0.4, -0.2) is 31.4 Å². The van der Waals surface area contributed by atoms with Gasteiger partial charge in [-0.25, -0.2) is 8.42 Å². The number of hydrogen-bond donors (Lipinski definition) is 2. The lowest BCUT2D eigenvalue weighted by atomic mass is 10.3. The molecular weight excluding hydrogens is 290 g/mol. The SMILES string of the molecule is CC(NS(=O)(=O)c1cnccc1Cl)C(=O)NC1CC1. The fraction of sp³-hybridized carbons (Fsp3) is 0.455. The van der Waals surface area contributed by atoms with Crippen molar-refractivity contribution in [1.29, 1.82) is 0 Å². The van der Waals surface area contributed by atoms with Crippen molar-refractivity contribution in [3.05, 3.63) is 23.5 Å². The Hall–Kier alpha value is -1.18. The molecule has 0 saturated heterocycles. The minimum atomic E-state index is -3.86. The van der Waals surface area contributed by atoms with Crippen molar-refractivity contribution in [2.24, 2.45) is 0 Å². The summed E-state index contributed by atoms with van der Waals surface area (Å²) in [5.74, 6) is -0.342. The van der Waals surface area contributed by atoms with E-state index in [1.54, 1.807) is 0 Å². The van der Waals surface area contributed by atoms with Crippen LogP contribution < -0.4 is 10.0 Å². The van der Waals surface area contributed by atoms with Crippen molar-refractivity contribution in [2.75, 3.05) is 0 Å². The first-order chi connectivity index (χ1) is 8.90. The van der Waals surface area contributed by atoms with E-state index in [4.69, 9.17) is 11.6 Å². The molecular formula is C11H14ClN3O3S. The Morgan fingerprint density at radius 3 is 2.79 bits per heavy atom. The summed E-state index contributed by atoms with van der Waals surface area (Å²) >= 11 is 5.81. The summed E-state index contributed by atoms with van der Waals surface area (Å²) in [4.78, 5) is 15.3. The number of hydrogen-bond acceptors (Lipinski definition) is 4. The monoisotopic (exact) mass is 303 g/mol. The van der Waals surface area contributed by atoms with Crippen molar-refractivity contribution in [3.63, 3.8) is 0 Å². The second-order valence-corrected chi connectivity index (χ2v) is 6.52. The van der Waals surface area contributed by atoms with Crippen molar-refractivity contribution in [1.82, 2.24) is 15.0 Å². The van der Waals surface area contributed by atoms with Gasteiger partial charge in [0.15, 0.2) is 0 Å². The van der Waals surface area contributed by atoms with E-state index in [2.05, 4.69) is 15.0 Å². The molecule has 1 amide bonds. The maximum Gasteiger partial charge on any atom is 0.244 e. The van der Waals surface area contributed by atoms with Gasteiger partial charge in [0.2, 0.25) is 15.9 Å². The lowest BCUT2D eigenvalue weighted by Gasteiger charge is -2.14. The van der Waals surface area contributed by atoms with E-state index in [9.17, 15) is 13.2 Å². The third-order valence-corrected chi connectivity index (χ3v) is 4.68. The third kappa shape index (κ3) is 3.65. The topological polar surface area (TPSA) is 88.2 Å². The van der Waals surface area contributed by atoms with Crippen LogP contribution in [0.4, 0.5) is 0 Å². The Labute approximate surface area is 116 Å². The Morgan fingerprint density at radius 1 is 1.53 bits per heavy atom. The largest absolute Gasteiger partial charge is 0.352 e. The van der Waals surface area contributed by atoms with E-state index in [-0.39, 0.29) is 21.9 Å². The van der Waals surface area contributed by atoms with E-state index in [0.717, 1.165) is 19.0 Å². The van der Waals surface area contributed by atoms with Crippen LogP contribution in [0.5, 0.6) is 0 Å². The fourth-order valence-corrected chi connectivity index (χ4v) is 3.10. The first-order valence-electron chi connectivity index (χ1n) is 5.82. The predicted octanol–water partition coefficient (Wildman–Crippen LogP) is 0.680. The number of sulfonamides is 1. The minimum Gasteiger partial charge on any atom is -0.352 e. The highest BCUT2D eigenvalue weighted by molar-refractivity contribution is 7.89. The second kappa shape index (κ2) is 5.44. The number of amides is 1. The molecule has 2 N–H and O–H groups in total. The Bertz CT molecular complexity index is 587. The summed E-state index contributed by atoms with van der Waals surface area (Å²) in [5.41, 5.74) is 0. The fourth-order valence-electron chi connectivity index (χ4n) is 1.46. The normalized spacial score (nSPS) is 16.9. The molecule has 1 saturated carbocycles. The van der Waals surface area contributed by atoms with Gasteiger partial charge in [0.1, 0.15) is 4.90 Å². The van der Waals surface area contributed by atoms with Crippen LogP contribution in [0.25, 0.3) is 0 Å². The summed E-state index contributed by atoms with van der Waals surface area (Å²) in [6.07, 6.45) is 4.43. The molecule has 0 radical (unpaired) electrons. The van der Waals surface area contributed by atoms with Gasteiger partial charge in [-0.05, 0) is 25.8 Å². The molecule has 1 aromatic rings. The van der Waals surface area contributed by atoms with E-state index in [0.29, 0.717) is 0 Å². The average Bonchev–Trinajstić information content (AvgIpc) is 3.12. The van der Waals surface area contributed by atoms with Crippen LogP contribution in [0.1, 0.15) is 19.8 Å². The Kier molecular flexibility index (Phi) is 4.07. The van der Waals surface area contributed by atoms with Gasteiger partial charge in [-0.3, -0.25) is 9.78 Å². The van der Waals surface area contributed by atoms with Gasteiger partial charge in [-0.2, -0.15) is 4.72 Å². The summed E-state index contributed by atoms with van der Waals surface area (Å²) in [6, 6.07) is 0.703. The van der Waals surface area contributed by atoms with Crippen LogP contribution in [0.2, 0.25) is 5.02 Å². The molecule has 1 fully saturated rings. The van der Waals surface area contributed by atoms with E-state index >= 15 is 0 Å². The number of rotatable bonds is 5. The quantitative estimate of drug-likeness (QED) is 0.837. The van der Waals surface area contributed by atoms with Crippen molar-refractivity contribution in [3.8, 4) is 0 Å². The smallest absolute Gasteiger partial charge is 0.244 e. The van der Waals surface area contributed by atoms with Gasteiger partial charge in [-0.15, -0.1) is 0 Å². The van der Waals surface area contributed by atoms with Crippen LogP contribution in [0.3, 0.4) is 0 Å². The maximum atomic E-state index is 12.1. The zero-order chi connectivity index (χ0) is 14.0. The molecule has 1 heterocycles. The summed E-state index contributed by atoms with van der Waals surface area (Å²) < 4.78 is 26.4. The molecule has 0 bridgehead atoms. The number of nitrogens with zero attached hydrogens (tertiary/aromatic N) is 1. The molecule has 0 aliphatic heterocycles. The van der Waals surface area contributed by atoms with Crippen molar-refractivity contribution in [2.45, 2.75) is 36.7 Å². The van der Waals surface area contributed by atoms with E-state index in [1.807, 2.05) is 0 Å². The summed E-state index contributed by atoms with van der Waals surface area (Å²) in [5, 5.41) is 2.79. The van der Waals surface area contributed by atoms with Crippen LogP contribution in [0, 0.1) is 0 Å². The highest BCUT2D eigenvalue weighted by Crippen LogP contribution is 2.20. The van der Waals surface area contributed by atoms with Gasteiger partial charge in [0.25, 0.3) is 0 Å². The van der Waals surface area contributed by atoms with E-state index < -0.39 is 16.1 Å². The van der Waals surface area contributed by atoms with E-state index in [1.165, 1.54) is 19.2 Å². The lowest BCUT2D eigenvalue weighted by molar-refractivity contribution is -0.122. The standard InChI is InChI=1S/C11H14ClN3O3S/c1-7(11(16)14-8-2-3-8)15-19(17,18)10-6-13-5-4-9(10)12/h4-8,15H,2-3H2,1H3,(H,14,16). The zero-order valence-electron chi connectivity index (χ0n) is 10.3. The molecule has 2 rings (SSSR count). The molecule has 1 aliphatic carbocycles. The summed E-state index contributed by atoms with van der Waals surface area (Å²) in [6.45, 7) is 1.49. The molecule has 0 aromatic carbocycles. The number of carbonyl (C=O) groups is 1. The molecule has 8 heteroatoms. The van der Waals surface area contributed by atoms with Gasteiger partial charge in [0.05, 0.1) is 11.1 Å². The van der Waals surface area contributed by atoms with Crippen LogP contribution in [0.15, 0.2) is 23.4 Å². The van der Waals surface area contributed by atoms with Gasteiger partial charge in [-0.1, -0.05) is 11.6 Å². The second-order valence-electron chi connectivity index (χ2n) is 4.43. The maximum absolute atomic E-state index is 12.1. The third-order valence-electron chi connectivity index (χ3n) is 2.67. The van der Waals surface area contributed by atoms with Gasteiger partial charge in [0, 0.05) is 18.4 Å². The first kappa shape index (κ1) is 14.2. The Balaban J connectivity index is 2.08. The number of halogens is 1. The molecule has 19 heavy (non-hydrogen) atoms. The van der Waals surface area contributed by atoms with Gasteiger partial charge < -0.3 is 5.32 Å².